The lowest BCUT2D eigenvalue weighted by Gasteiger charge is -2.30. The molecule has 4 rings (SSSR count). The van der Waals surface area contributed by atoms with Crippen LogP contribution in [0.5, 0.6) is 0 Å². The summed E-state index contributed by atoms with van der Waals surface area (Å²) < 4.78 is 7.94. The van der Waals surface area contributed by atoms with Gasteiger partial charge in [-0.25, -0.2) is 0 Å². The molecule has 3 heterocycles. The summed E-state index contributed by atoms with van der Waals surface area (Å²) in [4.78, 5) is 14.5. The normalized spacial score (nSPS) is 15.6. The average molecular weight is 385 g/mol. The van der Waals surface area contributed by atoms with E-state index in [0.717, 1.165) is 54.5 Å². The van der Waals surface area contributed by atoms with Crippen LogP contribution in [0.15, 0.2) is 39.9 Å². The number of carbonyl (C=O) groups is 1. The molecule has 1 aromatic carbocycles. The van der Waals surface area contributed by atoms with E-state index >= 15 is 0 Å². The lowest BCUT2D eigenvalue weighted by Crippen LogP contribution is -2.38. The van der Waals surface area contributed by atoms with Crippen LogP contribution in [0.3, 0.4) is 0 Å². The maximum absolute atomic E-state index is 12.5. The predicted molar refractivity (Wildman–Crippen MR) is 107 cm³/mol. The van der Waals surface area contributed by atoms with Gasteiger partial charge in [-0.05, 0) is 37.8 Å². The summed E-state index contributed by atoms with van der Waals surface area (Å²) in [5.74, 6) is 2.70. The summed E-state index contributed by atoms with van der Waals surface area (Å²) in [6, 6.07) is 9.89. The van der Waals surface area contributed by atoms with Crippen molar-refractivity contribution in [3.05, 3.63) is 30.3 Å². The Morgan fingerprint density at radius 2 is 2.04 bits per heavy atom. The van der Waals surface area contributed by atoms with Crippen molar-refractivity contribution in [2.24, 2.45) is 5.92 Å². The first kappa shape index (κ1) is 18.1. The van der Waals surface area contributed by atoms with Gasteiger partial charge < -0.3 is 9.32 Å². The molecule has 6 nitrogen and oxygen atoms in total. The van der Waals surface area contributed by atoms with E-state index in [4.69, 9.17) is 4.42 Å². The van der Waals surface area contributed by atoms with Crippen LogP contribution in [0.2, 0.25) is 0 Å². The summed E-state index contributed by atoms with van der Waals surface area (Å²) in [6.07, 6.45) is 2.19. The Labute approximate surface area is 162 Å². The van der Waals surface area contributed by atoms with Crippen LogP contribution in [0.4, 0.5) is 0 Å². The summed E-state index contributed by atoms with van der Waals surface area (Å²) in [5, 5.41) is 10.4. The van der Waals surface area contributed by atoms with E-state index < -0.39 is 0 Å². The van der Waals surface area contributed by atoms with Crippen molar-refractivity contribution in [2.45, 2.75) is 38.4 Å². The molecule has 0 aliphatic carbocycles. The molecule has 0 N–H and O–H groups in total. The molecule has 7 heteroatoms. The molecule has 0 radical (unpaired) electrons. The van der Waals surface area contributed by atoms with Crippen LogP contribution >= 0.6 is 11.8 Å². The number of hydrogen-bond acceptors (Lipinski definition) is 5. The SMILES string of the molecule is CCn1c(SCC(=O)N2CCC(C)CC2)nnc1-c1cc2ccccc2o1. The van der Waals surface area contributed by atoms with Crippen LogP contribution < -0.4 is 0 Å². The molecular formula is C20H24N4O2S. The molecule has 0 atom stereocenters. The van der Waals surface area contributed by atoms with Gasteiger partial charge in [0.25, 0.3) is 0 Å². The molecule has 2 aromatic heterocycles. The molecule has 0 spiro atoms. The fraction of sp³-hybridized carbons (Fsp3) is 0.450. The van der Waals surface area contributed by atoms with Crippen molar-refractivity contribution in [1.82, 2.24) is 19.7 Å². The second-order valence-corrected chi connectivity index (χ2v) is 7.99. The lowest BCUT2D eigenvalue weighted by atomic mass is 9.99. The van der Waals surface area contributed by atoms with E-state index in [9.17, 15) is 4.79 Å². The molecule has 3 aromatic rings. The number of hydrogen-bond donors (Lipinski definition) is 0. The van der Waals surface area contributed by atoms with Gasteiger partial charge in [-0.2, -0.15) is 0 Å². The maximum Gasteiger partial charge on any atom is 0.233 e. The van der Waals surface area contributed by atoms with E-state index in [1.807, 2.05) is 46.7 Å². The number of fused-ring (bicyclic) bond motifs is 1. The predicted octanol–water partition coefficient (Wildman–Crippen LogP) is 4.06. The van der Waals surface area contributed by atoms with Gasteiger partial charge in [0.05, 0.1) is 5.75 Å². The molecule has 0 unspecified atom stereocenters. The monoisotopic (exact) mass is 384 g/mol. The molecule has 1 saturated heterocycles. The van der Waals surface area contributed by atoms with Crippen LogP contribution in [0.25, 0.3) is 22.6 Å². The van der Waals surface area contributed by atoms with Gasteiger partial charge in [-0.3, -0.25) is 9.36 Å². The van der Waals surface area contributed by atoms with Gasteiger partial charge >= 0.3 is 0 Å². The Morgan fingerprint density at radius 1 is 1.26 bits per heavy atom. The number of amides is 1. The van der Waals surface area contributed by atoms with E-state index in [-0.39, 0.29) is 5.91 Å². The van der Waals surface area contributed by atoms with Gasteiger partial charge in [-0.15, -0.1) is 10.2 Å². The molecule has 0 saturated carbocycles. The van der Waals surface area contributed by atoms with Crippen LogP contribution in [0, 0.1) is 5.92 Å². The highest BCUT2D eigenvalue weighted by Gasteiger charge is 2.22. The lowest BCUT2D eigenvalue weighted by molar-refractivity contribution is -0.129. The highest BCUT2D eigenvalue weighted by atomic mass is 32.2. The number of likely N-dealkylation sites (tertiary alicyclic amines) is 1. The molecule has 142 valence electrons. The smallest absolute Gasteiger partial charge is 0.233 e. The molecule has 1 fully saturated rings. The number of piperidine rings is 1. The third-order valence-corrected chi connectivity index (χ3v) is 6.09. The van der Waals surface area contributed by atoms with Crippen molar-refractivity contribution in [3.8, 4) is 11.6 Å². The Balaban J connectivity index is 1.48. The first-order chi connectivity index (χ1) is 13.2. The highest BCUT2D eigenvalue weighted by molar-refractivity contribution is 7.99. The Morgan fingerprint density at radius 3 is 2.78 bits per heavy atom. The second-order valence-electron chi connectivity index (χ2n) is 7.05. The molecule has 27 heavy (non-hydrogen) atoms. The minimum atomic E-state index is 0.183. The largest absolute Gasteiger partial charge is 0.453 e. The zero-order valence-electron chi connectivity index (χ0n) is 15.7. The Hall–Kier alpha value is -2.28. The van der Waals surface area contributed by atoms with Crippen molar-refractivity contribution in [1.29, 1.82) is 0 Å². The summed E-state index contributed by atoms with van der Waals surface area (Å²) in [6.45, 7) is 6.75. The number of benzene rings is 1. The van der Waals surface area contributed by atoms with Gasteiger partial charge in [-0.1, -0.05) is 36.9 Å². The number of carbonyl (C=O) groups excluding carboxylic acids is 1. The average Bonchev–Trinajstić information content (AvgIpc) is 3.29. The van der Waals surface area contributed by atoms with E-state index in [1.165, 1.54) is 11.8 Å². The van der Waals surface area contributed by atoms with Crippen molar-refractivity contribution in [3.63, 3.8) is 0 Å². The fourth-order valence-electron chi connectivity index (χ4n) is 3.43. The van der Waals surface area contributed by atoms with Crippen LogP contribution in [-0.2, 0) is 11.3 Å². The van der Waals surface area contributed by atoms with Gasteiger partial charge in [0.1, 0.15) is 5.58 Å². The first-order valence-corrected chi connectivity index (χ1v) is 10.5. The van der Waals surface area contributed by atoms with E-state index in [2.05, 4.69) is 17.1 Å². The van der Waals surface area contributed by atoms with Crippen LogP contribution in [-0.4, -0.2) is 44.4 Å². The van der Waals surface area contributed by atoms with Gasteiger partial charge in [0, 0.05) is 25.0 Å². The van der Waals surface area contributed by atoms with Crippen molar-refractivity contribution in [2.75, 3.05) is 18.8 Å². The second kappa shape index (κ2) is 7.76. The third-order valence-electron chi connectivity index (χ3n) is 5.14. The molecule has 0 bridgehead atoms. The summed E-state index contributed by atoms with van der Waals surface area (Å²) in [7, 11) is 0. The Kier molecular flexibility index (Phi) is 5.20. The number of rotatable bonds is 5. The minimum Gasteiger partial charge on any atom is -0.453 e. The number of para-hydroxylation sites is 1. The van der Waals surface area contributed by atoms with Gasteiger partial charge in [0.15, 0.2) is 10.9 Å². The first-order valence-electron chi connectivity index (χ1n) is 9.48. The number of furan rings is 1. The van der Waals surface area contributed by atoms with E-state index in [0.29, 0.717) is 17.3 Å². The van der Waals surface area contributed by atoms with Crippen molar-refractivity contribution < 1.29 is 9.21 Å². The summed E-state index contributed by atoms with van der Waals surface area (Å²) >= 11 is 1.45. The number of aromatic nitrogens is 3. The standard InChI is InChI=1S/C20H24N4O2S/c1-3-24-19(17-12-15-6-4-5-7-16(15)26-17)21-22-20(24)27-13-18(25)23-10-8-14(2)9-11-23/h4-7,12,14H,3,8-11,13H2,1-2H3. The van der Waals surface area contributed by atoms with E-state index in [1.54, 1.807) is 0 Å². The highest BCUT2D eigenvalue weighted by Crippen LogP contribution is 2.29. The molecule has 1 aliphatic heterocycles. The molecule has 1 amide bonds. The number of nitrogens with zero attached hydrogens (tertiary/aromatic N) is 4. The quantitative estimate of drug-likeness (QED) is 0.621. The maximum atomic E-state index is 12.5. The van der Waals surface area contributed by atoms with Crippen molar-refractivity contribution >= 4 is 28.6 Å². The van der Waals surface area contributed by atoms with Gasteiger partial charge in [0.2, 0.25) is 11.7 Å². The van der Waals surface area contributed by atoms with Crippen LogP contribution in [0.1, 0.15) is 26.7 Å². The zero-order valence-corrected chi connectivity index (χ0v) is 16.5. The Bertz CT molecular complexity index is 908. The zero-order chi connectivity index (χ0) is 18.8. The summed E-state index contributed by atoms with van der Waals surface area (Å²) in [5.41, 5.74) is 0.835. The number of thioether (sulfide) groups is 1. The topological polar surface area (TPSA) is 64.2 Å². The third kappa shape index (κ3) is 3.74. The molecular weight excluding hydrogens is 360 g/mol. The molecule has 1 aliphatic rings. The fourth-order valence-corrected chi connectivity index (χ4v) is 4.34. The minimum absolute atomic E-state index is 0.183.